The summed E-state index contributed by atoms with van der Waals surface area (Å²) in [5.41, 5.74) is 13.1. The first-order valence-electron chi connectivity index (χ1n) is 5.79. The van der Waals surface area contributed by atoms with E-state index in [1.165, 1.54) is 22.3 Å². The lowest BCUT2D eigenvalue weighted by Crippen LogP contribution is -1.97. The van der Waals surface area contributed by atoms with E-state index < -0.39 is 0 Å². The molecular weight excluding hydrogens is 210 g/mol. The second kappa shape index (κ2) is 3.91. The van der Waals surface area contributed by atoms with Crippen molar-refractivity contribution in [2.45, 2.75) is 27.7 Å². The number of nitrogens with zero attached hydrogens (tertiary/aromatic N) is 2. The lowest BCUT2D eigenvalue weighted by atomic mass is 9.97. The number of nitrogens with two attached hydrogens (primary N) is 1. The van der Waals surface area contributed by atoms with Gasteiger partial charge in [-0.2, -0.15) is 5.10 Å². The van der Waals surface area contributed by atoms with E-state index in [4.69, 9.17) is 5.73 Å². The van der Waals surface area contributed by atoms with Crippen molar-refractivity contribution in [1.29, 1.82) is 0 Å². The molecule has 0 aliphatic rings. The summed E-state index contributed by atoms with van der Waals surface area (Å²) in [6.45, 7) is 8.42. The normalized spacial score (nSPS) is 10.9. The monoisotopic (exact) mass is 229 g/mol. The summed E-state index contributed by atoms with van der Waals surface area (Å²) in [7, 11) is 1.94. The number of aromatic nitrogens is 2. The smallest absolute Gasteiger partial charge is 0.148 e. The zero-order valence-corrected chi connectivity index (χ0v) is 11.1. The molecule has 0 saturated carbocycles. The van der Waals surface area contributed by atoms with Gasteiger partial charge in [-0.15, -0.1) is 0 Å². The maximum Gasteiger partial charge on any atom is 0.148 e. The van der Waals surface area contributed by atoms with Gasteiger partial charge in [0.05, 0.1) is 5.69 Å². The molecule has 2 N–H and O–H groups in total. The van der Waals surface area contributed by atoms with Gasteiger partial charge >= 0.3 is 0 Å². The van der Waals surface area contributed by atoms with Gasteiger partial charge in [-0.3, -0.25) is 4.68 Å². The highest BCUT2D eigenvalue weighted by Crippen LogP contribution is 2.30. The van der Waals surface area contributed by atoms with Gasteiger partial charge in [-0.25, -0.2) is 0 Å². The Balaban J connectivity index is 2.72. The van der Waals surface area contributed by atoms with Gasteiger partial charge in [0.2, 0.25) is 0 Å². The van der Waals surface area contributed by atoms with E-state index in [1.807, 2.05) is 18.7 Å². The van der Waals surface area contributed by atoms with Crippen LogP contribution in [0.5, 0.6) is 0 Å². The first kappa shape index (κ1) is 11.7. The van der Waals surface area contributed by atoms with Gasteiger partial charge in [-0.05, 0) is 50.5 Å². The molecule has 3 heteroatoms. The molecule has 17 heavy (non-hydrogen) atoms. The number of hydrogen-bond acceptors (Lipinski definition) is 2. The topological polar surface area (TPSA) is 43.8 Å². The molecule has 1 aromatic heterocycles. The molecule has 90 valence electrons. The predicted molar refractivity (Wildman–Crippen MR) is 72.0 cm³/mol. The van der Waals surface area contributed by atoms with Crippen molar-refractivity contribution in [2.75, 3.05) is 5.73 Å². The fraction of sp³-hybridized carbons (Fsp3) is 0.357. The van der Waals surface area contributed by atoms with Gasteiger partial charge in [0.25, 0.3) is 0 Å². The summed E-state index contributed by atoms with van der Waals surface area (Å²) in [5, 5.41) is 4.27. The van der Waals surface area contributed by atoms with Crippen molar-refractivity contribution < 1.29 is 0 Å². The molecular formula is C14H19N3. The maximum absolute atomic E-state index is 5.86. The third kappa shape index (κ3) is 1.82. The number of benzene rings is 1. The number of rotatable bonds is 1. The first-order chi connectivity index (χ1) is 7.91. The summed E-state index contributed by atoms with van der Waals surface area (Å²) in [6, 6.07) is 4.43. The van der Waals surface area contributed by atoms with Crippen LogP contribution >= 0.6 is 0 Å². The molecule has 2 rings (SSSR count). The van der Waals surface area contributed by atoms with Crippen LogP contribution in [0.2, 0.25) is 0 Å². The summed E-state index contributed by atoms with van der Waals surface area (Å²) in [6.07, 6.45) is 0. The van der Waals surface area contributed by atoms with Crippen LogP contribution < -0.4 is 5.73 Å². The Morgan fingerprint density at radius 3 is 2.12 bits per heavy atom. The van der Waals surface area contributed by atoms with Crippen LogP contribution in [0.1, 0.15) is 22.3 Å². The Bertz CT molecular complexity index is 580. The molecule has 0 aliphatic heterocycles. The number of anilines is 1. The average Bonchev–Trinajstić information content (AvgIpc) is 2.48. The van der Waals surface area contributed by atoms with Crippen LogP contribution in [0, 0.1) is 27.7 Å². The number of nitrogen functional groups attached to an aromatic ring is 1. The summed E-state index contributed by atoms with van der Waals surface area (Å²) in [4.78, 5) is 0. The first-order valence-corrected chi connectivity index (χ1v) is 5.79. The molecule has 1 aromatic carbocycles. The van der Waals surface area contributed by atoms with E-state index >= 15 is 0 Å². The van der Waals surface area contributed by atoms with Crippen molar-refractivity contribution in [2.24, 2.45) is 7.05 Å². The Kier molecular flexibility index (Phi) is 2.69. The second-order valence-corrected chi connectivity index (χ2v) is 4.73. The molecule has 0 unspecified atom stereocenters. The highest BCUT2D eigenvalue weighted by Gasteiger charge is 2.14. The maximum atomic E-state index is 5.86. The SMILES string of the molecule is Cc1cc(C)c(-c2c(C)c(N)nn2C)cc1C. The number of aryl methyl sites for hydroxylation is 4. The van der Waals surface area contributed by atoms with Gasteiger partial charge in [0.1, 0.15) is 5.82 Å². The molecule has 0 atom stereocenters. The third-order valence-electron chi connectivity index (χ3n) is 3.42. The average molecular weight is 229 g/mol. The molecule has 0 spiro atoms. The zero-order valence-electron chi connectivity index (χ0n) is 11.1. The Labute approximate surface area is 102 Å². The highest BCUT2D eigenvalue weighted by molar-refractivity contribution is 5.72. The van der Waals surface area contributed by atoms with E-state index in [-0.39, 0.29) is 0 Å². The van der Waals surface area contributed by atoms with E-state index in [0.29, 0.717) is 5.82 Å². The lowest BCUT2D eigenvalue weighted by molar-refractivity contribution is 0.779. The fourth-order valence-electron chi connectivity index (χ4n) is 2.24. The molecule has 0 radical (unpaired) electrons. The summed E-state index contributed by atoms with van der Waals surface area (Å²) >= 11 is 0. The van der Waals surface area contributed by atoms with Gasteiger partial charge in [-0.1, -0.05) is 6.07 Å². The molecule has 2 aromatic rings. The Morgan fingerprint density at radius 1 is 1.00 bits per heavy atom. The minimum Gasteiger partial charge on any atom is -0.382 e. The predicted octanol–water partition coefficient (Wildman–Crippen LogP) is 2.90. The van der Waals surface area contributed by atoms with Crippen LogP contribution in [0.3, 0.4) is 0 Å². The quantitative estimate of drug-likeness (QED) is 0.817. The minimum absolute atomic E-state index is 0.611. The summed E-state index contributed by atoms with van der Waals surface area (Å²) in [5.74, 6) is 0.611. The molecule has 1 heterocycles. The van der Waals surface area contributed by atoms with Crippen molar-refractivity contribution in [3.05, 3.63) is 34.4 Å². The van der Waals surface area contributed by atoms with Crippen LogP contribution in [0.15, 0.2) is 12.1 Å². The molecule has 0 amide bonds. The van der Waals surface area contributed by atoms with Gasteiger partial charge in [0.15, 0.2) is 0 Å². The standard InChI is InChI=1S/C14H19N3/c1-8-6-10(3)12(7-9(8)2)13-11(4)14(15)16-17(13)5/h6-7H,1-5H3,(H2,15,16). The fourth-order valence-corrected chi connectivity index (χ4v) is 2.24. The second-order valence-electron chi connectivity index (χ2n) is 4.73. The van der Waals surface area contributed by atoms with E-state index in [2.05, 4.69) is 38.0 Å². The van der Waals surface area contributed by atoms with Crippen LogP contribution in [-0.4, -0.2) is 9.78 Å². The highest BCUT2D eigenvalue weighted by atomic mass is 15.3. The van der Waals surface area contributed by atoms with E-state index in [0.717, 1.165) is 11.3 Å². The number of hydrogen-bond donors (Lipinski definition) is 1. The van der Waals surface area contributed by atoms with Crippen LogP contribution in [0.4, 0.5) is 5.82 Å². The molecule has 3 nitrogen and oxygen atoms in total. The lowest BCUT2D eigenvalue weighted by Gasteiger charge is -2.11. The zero-order chi connectivity index (χ0) is 12.7. The van der Waals surface area contributed by atoms with Crippen LogP contribution in [-0.2, 0) is 7.05 Å². The van der Waals surface area contributed by atoms with Crippen molar-refractivity contribution >= 4 is 5.82 Å². The summed E-state index contributed by atoms with van der Waals surface area (Å²) < 4.78 is 1.86. The third-order valence-corrected chi connectivity index (χ3v) is 3.42. The van der Waals surface area contributed by atoms with Crippen molar-refractivity contribution in [3.8, 4) is 11.3 Å². The molecule has 0 fully saturated rings. The molecule has 0 aliphatic carbocycles. The Hall–Kier alpha value is -1.77. The van der Waals surface area contributed by atoms with Gasteiger partial charge in [0, 0.05) is 18.2 Å². The van der Waals surface area contributed by atoms with Crippen molar-refractivity contribution in [1.82, 2.24) is 9.78 Å². The van der Waals surface area contributed by atoms with Gasteiger partial charge < -0.3 is 5.73 Å². The Morgan fingerprint density at radius 2 is 1.59 bits per heavy atom. The van der Waals surface area contributed by atoms with E-state index in [1.54, 1.807) is 0 Å². The van der Waals surface area contributed by atoms with Crippen LogP contribution in [0.25, 0.3) is 11.3 Å². The van der Waals surface area contributed by atoms with Crippen molar-refractivity contribution in [3.63, 3.8) is 0 Å². The minimum atomic E-state index is 0.611. The van der Waals surface area contributed by atoms with E-state index in [9.17, 15) is 0 Å². The molecule has 0 bridgehead atoms. The molecule has 0 saturated heterocycles. The largest absolute Gasteiger partial charge is 0.382 e.